The maximum atomic E-state index is 12.5. The number of ether oxygens (including phenoxy) is 1. The fraction of sp³-hybridized carbons (Fsp3) is 0.526. The average Bonchev–Trinajstić information content (AvgIpc) is 2.72. The number of unbranched alkanes of at least 4 members (excludes halogenated alkanes) is 1. The Morgan fingerprint density at radius 3 is 2.59 bits per heavy atom. The van der Waals surface area contributed by atoms with Gasteiger partial charge in [0.15, 0.2) is 6.61 Å². The molecule has 10 heteroatoms. The minimum absolute atomic E-state index is 0.0290. The lowest BCUT2D eigenvalue weighted by Gasteiger charge is -2.30. The van der Waals surface area contributed by atoms with Crippen LogP contribution in [0.3, 0.4) is 0 Å². The maximum absolute atomic E-state index is 12.5. The fourth-order valence-corrected chi connectivity index (χ4v) is 3.01. The van der Waals surface area contributed by atoms with Crippen LogP contribution in [0.5, 0.6) is 0 Å². The van der Waals surface area contributed by atoms with Gasteiger partial charge in [-0.2, -0.15) is 0 Å². The Labute approximate surface area is 168 Å². The van der Waals surface area contributed by atoms with Gasteiger partial charge in [-0.1, -0.05) is 13.3 Å². The highest BCUT2D eigenvalue weighted by Gasteiger charge is 2.23. The molecule has 2 rings (SSSR count). The summed E-state index contributed by atoms with van der Waals surface area (Å²) < 4.78 is 5.00. The van der Waals surface area contributed by atoms with Gasteiger partial charge in [-0.15, -0.1) is 0 Å². The first kappa shape index (κ1) is 22.1. The van der Waals surface area contributed by atoms with Crippen molar-refractivity contribution in [3.8, 4) is 0 Å². The maximum Gasteiger partial charge on any atom is 0.341 e. The van der Waals surface area contributed by atoms with Gasteiger partial charge in [0.25, 0.3) is 11.6 Å². The van der Waals surface area contributed by atoms with Crippen LogP contribution in [0.2, 0.25) is 0 Å². The number of nitrogens with one attached hydrogen (secondary N) is 2. The van der Waals surface area contributed by atoms with Gasteiger partial charge in [-0.3, -0.25) is 20.2 Å². The number of imide groups is 1. The highest BCUT2D eigenvalue weighted by Crippen LogP contribution is 2.28. The van der Waals surface area contributed by atoms with Gasteiger partial charge >= 0.3 is 12.0 Å². The van der Waals surface area contributed by atoms with Crippen molar-refractivity contribution in [1.82, 2.24) is 10.6 Å². The van der Waals surface area contributed by atoms with Crippen molar-refractivity contribution in [1.29, 1.82) is 0 Å². The predicted octanol–water partition coefficient (Wildman–Crippen LogP) is 2.37. The van der Waals surface area contributed by atoms with E-state index in [-0.39, 0.29) is 11.3 Å². The van der Waals surface area contributed by atoms with E-state index < -0.39 is 29.4 Å². The van der Waals surface area contributed by atoms with Gasteiger partial charge < -0.3 is 15.0 Å². The van der Waals surface area contributed by atoms with Crippen LogP contribution < -0.4 is 15.5 Å². The normalized spacial score (nSPS) is 13.5. The molecule has 1 fully saturated rings. The summed E-state index contributed by atoms with van der Waals surface area (Å²) in [4.78, 5) is 48.4. The van der Waals surface area contributed by atoms with Gasteiger partial charge in [0.2, 0.25) is 0 Å². The molecule has 2 N–H and O–H groups in total. The number of benzene rings is 1. The monoisotopic (exact) mass is 406 g/mol. The van der Waals surface area contributed by atoms with E-state index in [0.29, 0.717) is 12.2 Å². The van der Waals surface area contributed by atoms with E-state index in [1.54, 1.807) is 0 Å². The van der Waals surface area contributed by atoms with Crippen LogP contribution in [-0.4, -0.2) is 49.1 Å². The molecule has 1 saturated heterocycles. The van der Waals surface area contributed by atoms with Crippen LogP contribution in [0.4, 0.5) is 16.2 Å². The van der Waals surface area contributed by atoms with Crippen LogP contribution in [-0.2, 0) is 9.53 Å². The number of urea groups is 1. The first-order chi connectivity index (χ1) is 13.9. The number of amides is 3. The number of carbonyl (C=O) groups is 3. The highest BCUT2D eigenvalue weighted by atomic mass is 16.6. The first-order valence-electron chi connectivity index (χ1n) is 9.70. The molecule has 0 aliphatic carbocycles. The minimum Gasteiger partial charge on any atom is -0.452 e. The van der Waals surface area contributed by atoms with Gasteiger partial charge in [0.05, 0.1) is 16.2 Å². The zero-order valence-electron chi connectivity index (χ0n) is 16.4. The molecule has 0 bridgehead atoms. The van der Waals surface area contributed by atoms with Gasteiger partial charge in [-0.25, -0.2) is 9.59 Å². The van der Waals surface area contributed by atoms with Gasteiger partial charge in [-0.05, 0) is 31.7 Å². The van der Waals surface area contributed by atoms with E-state index in [4.69, 9.17) is 4.74 Å². The number of anilines is 1. The third-order valence-corrected chi connectivity index (χ3v) is 4.51. The second-order valence-corrected chi connectivity index (χ2v) is 6.74. The number of hydrogen-bond donors (Lipinski definition) is 2. The summed E-state index contributed by atoms with van der Waals surface area (Å²) in [5, 5.41) is 15.7. The van der Waals surface area contributed by atoms with Crippen molar-refractivity contribution >= 4 is 29.3 Å². The largest absolute Gasteiger partial charge is 0.452 e. The fourth-order valence-electron chi connectivity index (χ4n) is 3.01. The molecule has 1 aliphatic rings. The molecular formula is C19H26N4O6. The SMILES string of the molecule is CCCCNC(=O)NC(=O)COC(=O)c1cc([N+](=O)[O-])ccc1N1CCCCC1. The van der Waals surface area contributed by atoms with Crippen molar-refractivity contribution in [2.75, 3.05) is 31.1 Å². The molecule has 0 spiro atoms. The Balaban J connectivity index is 2.02. The highest BCUT2D eigenvalue weighted by molar-refractivity contribution is 5.99. The van der Waals surface area contributed by atoms with Crippen molar-refractivity contribution in [3.63, 3.8) is 0 Å². The Bertz CT molecular complexity index is 761. The topological polar surface area (TPSA) is 131 Å². The number of nitrogens with zero attached hydrogens (tertiary/aromatic N) is 2. The van der Waals surface area contributed by atoms with Crippen molar-refractivity contribution < 1.29 is 24.0 Å². The van der Waals surface area contributed by atoms with E-state index in [2.05, 4.69) is 10.6 Å². The van der Waals surface area contributed by atoms with Crippen LogP contribution in [0.15, 0.2) is 18.2 Å². The molecule has 10 nitrogen and oxygen atoms in total. The van der Waals surface area contributed by atoms with E-state index in [1.807, 2.05) is 11.8 Å². The molecular weight excluding hydrogens is 380 g/mol. The quantitative estimate of drug-likeness (QED) is 0.293. The molecule has 1 aromatic carbocycles. The molecule has 1 aliphatic heterocycles. The average molecular weight is 406 g/mol. The number of carbonyl (C=O) groups excluding carboxylic acids is 3. The molecule has 0 radical (unpaired) electrons. The zero-order chi connectivity index (χ0) is 21.2. The molecule has 0 saturated carbocycles. The smallest absolute Gasteiger partial charge is 0.341 e. The number of non-ortho nitro benzene ring substituents is 1. The van der Waals surface area contributed by atoms with E-state index in [0.717, 1.165) is 51.3 Å². The predicted molar refractivity (Wildman–Crippen MR) is 106 cm³/mol. The number of rotatable bonds is 8. The van der Waals surface area contributed by atoms with Crippen molar-refractivity contribution in [3.05, 3.63) is 33.9 Å². The number of nitro groups is 1. The number of piperidine rings is 1. The second-order valence-electron chi connectivity index (χ2n) is 6.74. The van der Waals surface area contributed by atoms with Crippen LogP contribution >= 0.6 is 0 Å². The van der Waals surface area contributed by atoms with E-state index in [1.165, 1.54) is 12.1 Å². The second kappa shape index (κ2) is 11.0. The lowest BCUT2D eigenvalue weighted by atomic mass is 10.1. The zero-order valence-corrected chi connectivity index (χ0v) is 16.4. The Morgan fingerprint density at radius 2 is 1.93 bits per heavy atom. The molecule has 1 aromatic rings. The molecule has 158 valence electrons. The Morgan fingerprint density at radius 1 is 1.21 bits per heavy atom. The molecule has 29 heavy (non-hydrogen) atoms. The third kappa shape index (κ3) is 6.74. The summed E-state index contributed by atoms with van der Waals surface area (Å²) in [6, 6.07) is 3.36. The Kier molecular flexibility index (Phi) is 8.38. The van der Waals surface area contributed by atoms with Gasteiger partial charge in [0, 0.05) is 31.8 Å². The Hall–Kier alpha value is -3.17. The summed E-state index contributed by atoms with van der Waals surface area (Å²) >= 11 is 0. The first-order valence-corrected chi connectivity index (χ1v) is 9.70. The van der Waals surface area contributed by atoms with Crippen molar-refractivity contribution in [2.45, 2.75) is 39.0 Å². The van der Waals surface area contributed by atoms with Crippen LogP contribution in [0.25, 0.3) is 0 Å². The number of nitro benzene ring substituents is 1. The van der Waals surface area contributed by atoms with E-state index in [9.17, 15) is 24.5 Å². The van der Waals surface area contributed by atoms with Crippen molar-refractivity contribution in [2.24, 2.45) is 0 Å². The lowest BCUT2D eigenvalue weighted by molar-refractivity contribution is -0.384. The standard InChI is InChI=1S/C19H26N4O6/c1-2-3-9-20-19(26)21-17(24)13-29-18(25)15-12-14(23(27)28)7-8-16(15)22-10-5-4-6-11-22/h7-8,12H,2-6,9-11,13H2,1H3,(H2,20,21,24,26). The molecule has 0 atom stereocenters. The summed E-state index contributed by atoms with van der Waals surface area (Å²) in [6.45, 7) is 3.20. The summed E-state index contributed by atoms with van der Waals surface area (Å²) in [7, 11) is 0. The lowest BCUT2D eigenvalue weighted by Crippen LogP contribution is -2.41. The number of hydrogen-bond acceptors (Lipinski definition) is 7. The summed E-state index contributed by atoms with van der Waals surface area (Å²) in [5.41, 5.74) is 0.330. The van der Waals surface area contributed by atoms with Crippen LogP contribution in [0.1, 0.15) is 49.4 Å². The number of esters is 1. The minimum atomic E-state index is -0.851. The molecule has 3 amide bonds. The summed E-state index contributed by atoms with van der Waals surface area (Å²) in [6.07, 6.45) is 4.68. The third-order valence-electron chi connectivity index (χ3n) is 4.51. The molecule has 1 heterocycles. The van der Waals surface area contributed by atoms with E-state index >= 15 is 0 Å². The van der Waals surface area contributed by atoms with Gasteiger partial charge in [0.1, 0.15) is 0 Å². The summed E-state index contributed by atoms with van der Waals surface area (Å²) in [5.74, 6) is -1.63. The molecule has 0 aromatic heterocycles. The van der Waals surface area contributed by atoms with Crippen LogP contribution in [0, 0.1) is 10.1 Å². The molecule has 0 unspecified atom stereocenters.